The van der Waals surface area contributed by atoms with Crippen LogP contribution in [0, 0.1) is 0 Å². The molecule has 0 aromatic rings. The lowest BCUT2D eigenvalue weighted by Crippen LogP contribution is -2.49. The summed E-state index contributed by atoms with van der Waals surface area (Å²) < 4.78 is 0. The van der Waals surface area contributed by atoms with Crippen LogP contribution in [0.15, 0.2) is 12.2 Å². The molecule has 1 rings (SSSR count). The maximum absolute atomic E-state index is 12.7. The summed E-state index contributed by atoms with van der Waals surface area (Å²) in [6, 6.07) is 0. The summed E-state index contributed by atoms with van der Waals surface area (Å²) in [5, 5.41) is 33.7. The van der Waals surface area contributed by atoms with Gasteiger partial charge in [0.1, 0.15) is 0 Å². The molecule has 5 N–H and O–H groups in total. The lowest BCUT2D eigenvalue weighted by molar-refractivity contribution is -0.140. The molecule has 14 heteroatoms. The molecule has 0 aliphatic carbocycles. The Labute approximate surface area is 242 Å². The number of carbonyl (C=O) groups excluding carboxylic acids is 2. The number of carboxylic acid groups (broad SMARTS) is 3. The number of unbranched alkanes of at least 4 members (excludes halogenated alkanes) is 2. The van der Waals surface area contributed by atoms with Gasteiger partial charge in [0.05, 0.1) is 26.2 Å². The smallest absolute Gasteiger partial charge is 0.317 e. The van der Waals surface area contributed by atoms with Gasteiger partial charge in [0.25, 0.3) is 0 Å². The second kappa shape index (κ2) is 20.8. The van der Waals surface area contributed by atoms with Crippen molar-refractivity contribution >= 4 is 29.7 Å². The van der Waals surface area contributed by atoms with Crippen LogP contribution < -0.4 is 10.6 Å². The van der Waals surface area contributed by atoms with Crippen LogP contribution in [-0.4, -0.2) is 156 Å². The Hall–Kier alpha value is -3.07. The molecule has 0 spiro atoms. The van der Waals surface area contributed by atoms with E-state index in [0.717, 1.165) is 31.3 Å². The van der Waals surface area contributed by atoms with Crippen molar-refractivity contribution < 1.29 is 39.3 Å². The topological polar surface area (TPSA) is 183 Å². The first-order valence-corrected chi connectivity index (χ1v) is 14.2. The van der Waals surface area contributed by atoms with E-state index >= 15 is 0 Å². The Morgan fingerprint density at radius 1 is 0.561 bits per heavy atom. The molecule has 0 bridgehead atoms. The molecule has 1 aliphatic heterocycles. The van der Waals surface area contributed by atoms with Gasteiger partial charge in [-0.05, 0) is 26.2 Å². The highest BCUT2D eigenvalue weighted by Gasteiger charge is 2.21. The number of amides is 2. The van der Waals surface area contributed by atoms with Crippen LogP contribution in [0.4, 0.5) is 0 Å². The lowest BCUT2D eigenvalue weighted by Gasteiger charge is -2.32. The van der Waals surface area contributed by atoms with Crippen molar-refractivity contribution in [1.29, 1.82) is 0 Å². The predicted octanol–water partition coefficient (Wildman–Crippen LogP) is -0.779. The van der Waals surface area contributed by atoms with Crippen molar-refractivity contribution in [2.75, 3.05) is 91.6 Å². The van der Waals surface area contributed by atoms with Crippen LogP contribution in [0.2, 0.25) is 0 Å². The number of nitrogens with zero attached hydrogens (tertiary/aromatic N) is 4. The third-order valence-electron chi connectivity index (χ3n) is 6.65. The molecule has 1 fully saturated rings. The molecule has 0 aromatic carbocycles. The largest absolute Gasteiger partial charge is 0.480 e. The average Bonchev–Trinajstić information content (AvgIpc) is 2.86. The molecule has 41 heavy (non-hydrogen) atoms. The van der Waals surface area contributed by atoms with Crippen LogP contribution >= 0.6 is 0 Å². The fraction of sp³-hybridized carbons (Fsp3) is 0.741. The van der Waals surface area contributed by atoms with Gasteiger partial charge in [0.15, 0.2) is 0 Å². The highest BCUT2D eigenvalue weighted by molar-refractivity contribution is 5.78. The Bertz CT molecular complexity index is 839. The summed E-state index contributed by atoms with van der Waals surface area (Å²) in [5.41, 5.74) is 1.02. The third-order valence-corrected chi connectivity index (χ3v) is 6.65. The van der Waals surface area contributed by atoms with E-state index in [9.17, 15) is 39.3 Å². The first-order valence-electron chi connectivity index (χ1n) is 14.2. The quantitative estimate of drug-likeness (QED) is 0.106. The molecule has 1 heterocycles. The number of hydrogen-bond donors (Lipinski definition) is 5. The monoisotopic (exact) mass is 584 g/mol. The molecule has 1 saturated heterocycles. The zero-order valence-electron chi connectivity index (χ0n) is 24.3. The summed E-state index contributed by atoms with van der Waals surface area (Å²) in [5.74, 6) is -3.18. The number of carbonyl (C=O) groups is 5. The van der Waals surface area contributed by atoms with Gasteiger partial charge in [-0.2, -0.15) is 0 Å². The fourth-order valence-electron chi connectivity index (χ4n) is 4.36. The van der Waals surface area contributed by atoms with Crippen molar-refractivity contribution in [3.8, 4) is 0 Å². The predicted molar refractivity (Wildman–Crippen MR) is 153 cm³/mol. The van der Waals surface area contributed by atoms with Crippen LogP contribution in [-0.2, 0) is 24.0 Å². The van der Waals surface area contributed by atoms with E-state index in [1.165, 1.54) is 0 Å². The van der Waals surface area contributed by atoms with Gasteiger partial charge < -0.3 is 26.0 Å². The summed E-state index contributed by atoms with van der Waals surface area (Å²) in [4.78, 5) is 65.6. The second-order valence-corrected chi connectivity index (χ2v) is 10.5. The molecular formula is C27H48N6O8. The number of nitrogens with one attached hydrogen (secondary N) is 2. The Morgan fingerprint density at radius 2 is 0.951 bits per heavy atom. The van der Waals surface area contributed by atoms with E-state index in [1.807, 2.05) is 11.8 Å². The average molecular weight is 585 g/mol. The van der Waals surface area contributed by atoms with Gasteiger partial charge in [0, 0.05) is 71.9 Å². The van der Waals surface area contributed by atoms with Crippen LogP contribution in [0.1, 0.15) is 39.0 Å². The molecule has 0 aromatic heterocycles. The zero-order chi connectivity index (χ0) is 30.6. The van der Waals surface area contributed by atoms with Gasteiger partial charge in [0.2, 0.25) is 11.8 Å². The normalized spacial score (nSPS) is 16.7. The molecule has 0 saturated carbocycles. The SMILES string of the molecule is C=C(C)CCNC(=O)CCCCCNC(=O)CN1CCN(CC(=O)O)CCN(CC(=O)O)CCN(CC(=O)O)CC1. The molecule has 14 nitrogen and oxygen atoms in total. The molecule has 0 radical (unpaired) electrons. The minimum absolute atomic E-state index is 0.00839. The third kappa shape index (κ3) is 19.6. The Kier molecular flexibility index (Phi) is 18.2. The zero-order valence-corrected chi connectivity index (χ0v) is 24.3. The van der Waals surface area contributed by atoms with Gasteiger partial charge in [-0.25, -0.2) is 0 Å². The van der Waals surface area contributed by atoms with Crippen molar-refractivity contribution in [3.05, 3.63) is 12.2 Å². The summed E-state index contributed by atoms with van der Waals surface area (Å²) in [7, 11) is 0. The van der Waals surface area contributed by atoms with Gasteiger partial charge in [-0.3, -0.25) is 43.6 Å². The van der Waals surface area contributed by atoms with Gasteiger partial charge >= 0.3 is 17.9 Å². The molecule has 0 unspecified atom stereocenters. The van der Waals surface area contributed by atoms with E-state index in [2.05, 4.69) is 17.2 Å². The molecule has 2 amide bonds. The minimum Gasteiger partial charge on any atom is -0.480 e. The van der Waals surface area contributed by atoms with Crippen LogP contribution in [0.25, 0.3) is 0 Å². The highest BCUT2D eigenvalue weighted by Crippen LogP contribution is 2.03. The minimum atomic E-state index is -1.01. The fourth-order valence-corrected chi connectivity index (χ4v) is 4.36. The number of carboxylic acids is 3. The van der Waals surface area contributed by atoms with E-state index in [1.54, 1.807) is 14.7 Å². The first-order chi connectivity index (χ1) is 19.4. The van der Waals surface area contributed by atoms with Crippen LogP contribution in [0.5, 0.6) is 0 Å². The molecule has 1 aliphatic rings. The Balaban J connectivity index is 2.62. The Morgan fingerprint density at radius 3 is 1.34 bits per heavy atom. The van der Waals surface area contributed by atoms with E-state index < -0.39 is 17.9 Å². The maximum atomic E-state index is 12.7. The van der Waals surface area contributed by atoms with Crippen LogP contribution in [0.3, 0.4) is 0 Å². The molecule has 234 valence electrons. The molecule has 0 atom stereocenters. The van der Waals surface area contributed by atoms with Gasteiger partial charge in [-0.1, -0.05) is 12.0 Å². The van der Waals surface area contributed by atoms with Gasteiger partial charge in [-0.15, -0.1) is 6.58 Å². The van der Waals surface area contributed by atoms with Crippen molar-refractivity contribution in [2.45, 2.75) is 39.0 Å². The van der Waals surface area contributed by atoms with Crippen molar-refractivity contribution in [2.24, 2.45) is 0 Å². The number of hydrogen-bond acceptors (Lipinski definition) is 9. The summed E-state index contributed by atoms with van der Waals surface area (Å²) in [6.07, 6.45) is 3.45. The maximum Gasteiger partial charge on any atom is 0.317 e. The first kappa shape index (κ1) is 36.0. The van der Waals surface area contributed by atoms with E-state index in [-0.39, 0.29) is 38.0 Å². The van der Waals surface area contributed by atoms with E-state index in [4.69, 9.17) is 0 Å². The van der Waals surface area contributed by atoms with Crippen molar-refractivity contribution in [3.63, 3.8) is 0 Å². The second-order valence-electron chi connectivity index (χ2n) is 10.5. The highest BCUT2D eigenvalue weighted by atomic mass is 16.4. The summed E-state index contributed by atoms with van der Waals surface area (Å²) in [6.45, 7) is 8.99. The van der Waals surface area contributed by atoms with Crippen molar-refractivity contribution in [1.82, 2.24) is 30.2 Å². The molecular weight excluding hydrogens is 536 g/mol. The lowest BCUT2D eigenvalue weighted by atomic mass is 10.2. The standard InChI is InChI=1S/C27H48N6O8/c1-22(2)7-9-29-23(34)6-4-3-5-8-28-24(35)18-30-10-12-31(19-25(36)37)14-16-33(21-27(40)41)17-15-32(13-11-30)20-26(38)39/h1,3-21H2,2H3,(H,28,35)(H,29,34)(H,36,37)(H,38,39)(H,40,41). The van der Waals surface area contributed by atoms with E-state index in [0.29, 0.717) is 71.9 Å². The summed E-state index contributed by atoms with van der Waals surface area (Å²) >= 11 is 0. The number of aliphatic carboxylic acids is 3. The number of rotatable bonds is 17.